The van der Waals surface area contributed by atoms with E-state index in [1.807, 2.05) is 26.0 Å². The van der Waals surface area contributed by atoms with Crippen molar-refractivity contribution >= 4 is 11.6 Å². The molecule has 6 heteroatoms. The Labute approximate surface area is 218 Å². The normalized spacial score (nSPS) is 25.1. The van der Waals surface area contributed by atoms with E-state index in [0.717, 1.165) is 25.2 Å². The lowest BCUT2D eigenvalue weighted by Gasteiger charge is -2.16. The van der Waals surface area contributed by atoms with Crippen molar-refractivity contribution in [3.05, 3.63) is 29.8 Å². The van der Waals surface area contributed by atoms with Crippen LogP contribution in [0.3, 0.4) is 0 Å². The van der Waals surface area contributed by atoms with Gasteiger partial charge in [0.25, 0.3) is 0 Å². The molecule has 5 nitrogen and oxygen atoms in total. The van der Waals surface area contributed by atoms with Gasteiger partial charge in [0.15, 0.2) is 5.79 Å². The van der Waals surface area contributed by atoms with E-state index in [-0.39, 0.29) is 24.4 Å². The Morgan fingerprint density at radius 2 is 1.37 bits per heavy atom. The Balaban J connectivity index is 1.08. The van der Waals surface area contributed by atoms with Gasteiger partial charge < -0.3 is 23.7 Å². The van der Waals surface area contributed by atoms with Crippen molar-refractivity contribution in [1.29, 1.82) is 0 Å². The smallest absolute Gasteiger partial charge is 0.163 e. The average molecular weight is 511 g/mol. The van der Waals surface area contributed by atoms with Gasteiger partial charge in [0.05, 0.1) is 25.7 Å². The standard InChI is InChI=1S/C29H47ClO5/c1-29(2)34-25(28(35-29)27-26(21-30)33-27)15-13-11-9-7-5-4-6-8-10-12-14-20-32-22-23-16-18-24(31-3)19-17-23/h16-19,25-28H,4-15,20-22H2,1-3H3/t25-,26+,27-,28+/m0/s1. The number of rotatable bonds is 19. The van der Waals surface area contributed by atoms with Gasteiger partial charge in [0.1, 0.15) is 24.1 Å². The van der Waals surface area contributed by atoms with Crippen LogP contribution in [-0.2, 0) is 25.6 Å². The predicted molar refractivity (Wildman–Crippen MR) is 141 cm³/mol. The number of epoxide rings is 1. The summed E-state index contributed by atoms with van der Waals surface area (Å²) < 4.78 is 28.9. The van der Waals surface area contributed by atoms with Gasteiger partial charge in [-0.1, -0.05) is 76.3 Å². The van der Waals surface area contributed by atoms with E-state index >= 15 is 0 Å². The van der Waals surface area contributed by atoms with Crippen molar-refractivity contribution < 1.29 is 23.7 Å². The summed E-state index contributed by atoms with van der Waals surface area (Å²) in [7, 11) is 1.69. The van der Waals surface area contributed by atoms with Crippen LogP contribution in [0.25, 0.3) is 0 Å². The lowest BCUT2D eigenvalue weighted by molar-refractivity contribution is -0.148. The van der Waals surface area contributed by atoms with Crippen molar-refractivity contribution in [3.63, 3.8) is 0 Å². The molecule has 3 rings (SSSR count). The number of methoxy groups -OCH3 is 1. The molecule has 0 amide bonds. The van der Waals surface area contributed by atoms with Crippen LogP contribution in [-0.4, -0.2) is 49.8 Å². The summed E-state index contributed by atoms with van der Waals surface area (Å²) in [6, 6.07) is 8.10. The number of unbranched alkanes of at least 4 members (excludes halogenated alkanes) is 10. The van der Waals surface area contributed by atoms with E-state index in [9.17, 15) is 0 Å². The maximum absolute atomic E-state index is 6.14. The van der Waals surface area contributed by atoms with Crippen LogP contribution in [0.1, 0.15) is 96.5 Å². The van der Waals surface area contributed by atoms with Crippen LogP contribution < -0.4 is 4.74 Å². The lowest BCUT2D eigenvalue weighted by Crippen LogP contribution is -2.29. The minimum absolute atomic E-state index is 0.0359. The molecule has 2 aliphatic rings. The summed E-state index contributed by atoms with van der Waals surface area (Å²) in [5.74, 6) is 0.918. The molecular weight excluding hydrogens is 464 g/mol. The molecule has 4 atom stereocenters. The molecule has 2 aliphatic heterocycles. The largest absolute Gasteiger partial charge is 0.497 e. The average Bonchev–Trinajstić information content (AvgIpc) is 3.57. The summed E-state index contributed by atoms with van der Waals surface area (Å²) in [5, 5.41) is 0. The number of alkyl halides is 1. The highest BCUT2D eigenvalue weighted by Gasteiger charge is 2.54. The fraction of sp³-hybridized carbons (Fsp3) is 0.793. The van der Waals surface area contributed by atoms with Gasteiger partial charge in [-0.2, -0.15) is 0 Å². The molecule has 0 bridgehead atoms. The Bertz CT molecular complexity index is 695. The number of benzene rings is 1. The first-order valence-electron chi connectivity index (χ1n) is 13.8. The molecule has 0 unspecified atom stereocenters. The first kappa shape index (κ1) is 28.7. The van der Waals surface area contributed by atoms with E-state index in [4.69, 9.17) is 35.3 Å². The zero-order chi connectivity index (χ0) is 24.9. The minimum atomic E-state index is -0.511. The number of hydrogen-bond acceptors (Lipinski definition) is 5. The first-order chi connectivity index (χ1) is 17.0. The van der Waals surface area contributed by atoms with E-state index in [1.165, 1.54) is 69.8 Å². The first-order valence-corrected chi connectivity index (χ1v) is 14.3. The van der Waals surface area contributed by atoms with Crippen LogP contribution in [0.5, 0.6) is 5.75 Å². The number of hydrogen-bond donors (Lipinski definition) is 0. The number of halogens is 1. The molecule has 200 valence electrons. The third-order valence-electron chi connectivity index (χ3n) is 7.02. The quantitative estimate of drug-likeness (QED) is 0.110. The molecule has 2 fully saturated rings. The zero-order valence-corrected chi connectivity index (χ0v) is 22.9. The topological polar surface area (TPSA) is 49.5 Å². The fourth-order valence-corrected chi connectivity index (χ4v) is 5.24. The Kier molecular flexibility index (Phi) is 12.6. The minimum Gasteiger partial charge on any atom is -0.497 e. The summed E-state index contributed by atoms with van der Waals surface area (Å²) in [5.41, 5.74) is 1.20. The molecule has 0 radical (unpaired) electrons. The Morgan fingerprint density at radius 3 is 1.94 bits per heavy atom. The molecule has 35 heavy (non-hydrogen) atoms. The van der Waals surface area contributed by atoms with Gasteiger partial charge in [-0.3, -0.25) is 0 Å². The highest BCUT2D eigenvalue weighted by Crippen LogP contribution is 2.40. The predicted octanol–water partition coefficient (Wildman–Crippen LogP) is 7.42. The molecule has 0 aliphatic carbocycles. The molecule has 1 aromatic rings. The van der Waals surface area contributed by atoms with E-state index in [0.29, 0.717) is 12.5 Å². The van der Waals surface area contributed by atoms with E-state index < -0.39 is 5.79 Å². The molecule has 0 aromatic heterocycles. The van der Waals surface area contributed by atoms with E-state index in [2.05, 4.69) is 12.1 Å². The molecule has 0 saturated carbocycles. The maximum atomic E-state index is 6.14. The van der Waals surface area contributed by atoms with Crippen LogP contribution in [0.4, 0.5) is 0 Å². The van der Waals surface area contributed by atoms with Gasteiger partial charge in [0, 0.05) is 6.61 Å². The van der Waals surface area contributed by atoms with Crippen LogP contribution in [0.2, 0.25) is 0 Å². The van der Waals surface area contributed by atoms with Gasteiger partial charge in [-0.15, -0.1) is 11.6 Å². The van der Waals surface area contributed by atoms with Crippen molar-refractivity contribution in [1.82, 2.24) is 0 Å². The Morgan fingerprint density at radius 1 is 0.771 bits per heavy atom. The van der Waals surface area contributed by atoms with Gasteiger partial charge in [-0.05, 0) is 44.4 Å². The van der Waals surface area contributed by atoms with Gasteiger partial charge in [0.2, 0.25) is 0 Å². The molecule has 2 heterocycles. The highest BCUT2D eigenvalue weighted by molar-refractivity contribution is 6.18. The molecule has 0 N–H and O–H groups in total. The number of ether oxygens (including phenoxy) is 5. The van der Waals surface area contributed by atoms with Crippen molar-refractivity contribution in [2.75, 3.05) is 19.6 Å². The van der Waals surface area contributed by atoms with E-state index in [1.54, 1.807) is 7.11 Å². The highest BCUT2D eigenvalue weighted by atomic mass is 35.5. The summed E-state index contributed by atoms with van der Waals surface area (Å²) >= 11 is 5.93. The third-order valence-corrected chi connectivity index (χ3v) is 7.33. The Hall–Kier alpha value is -0.850. The fourth-order valence-electron chi connectivity index (χ4n) is 4.99. The van der Waals surface area contributed by atoms with Crippen LogP contribution in [0.15, 0.2) is 24.3 Å². The molecular formula is C29H47ClO5. The zero-order valence-electron chi connectivity index (χ0n) is 22.1. The third kappa shape index (κ3) is 10.6. The maximum Gasteiger partial charge on any atom is 0.163 e. The molecule has 1 aromatic carbocycles. The van der Waals surface area contributed by atoms with Crippen LogP contribution >= 0.6 is 11.6 Å². The summed E-state index contributed by atoms with van der Waals surface area (Å²) in [6.07, 6.45) is 15.8. The van der Waals surface area contributed by atoms with Gasteiger partial charge >= 0.3 is 0 Å². The van der Waals surface area contributed by atoms with Crippen molar-refractivity contribution in [3.8, 4) is 5.75 Å². The SMILES string of the molecule is COc1ccc(COCCCCCCCCCCCCC[C@@H]2OC(C)(C)O[C@H]2[C@H]2O[C@@H]2CCl)cc1. The summed E-state index contributed by atoms with van der Waals surface area (Å²) in [4.78, 5) is 0. The van der Waals surface area contributed by atoms with Crippen LogP contribution in [0, 0.1) is 0 Å². The summed E-state index contributed by atoms with van der Waals surface area (Å²) in [6.45, 7) is 5.53. The second-order valence-corrected chi connectivity index (χ2v) is 10.8. The van der Waals surface area contributed by atoms with Crippen molar-refractivity contribution in [2.45, 2.75) is 128 Å². The van der Waals surface area contributed by atoms with Crippen molar-refractivity contribution in [2.24, 2.45) is 0 Å². The lowest BCUT2D eigenvalue weighted by atomic mass is 10.0. The second-order valence-electron chi connectivity index (χ2n) is 10.5. The molecule has 0 spiro atoms. The monoisotopic (exact) mass is 510 g/mol. The molecule has 2 saturated heterocycles. The van der Waals surface area contributed by atoms with Gasteiger partial charge in [-0.25, -0.2) is 0 Å². The second kappa shape index (κ2) is 15.4.